The van der Waals surface area contributed by atoms with E-state index >= 15 is 0 Å². The van der Waals surface area contributed by atoms with Gasteiger partial charge in [-0.3, -0.25) is 9.59 Å². The summed E-state index contributed by atoms with van der Waals surface area (Å²) in [5, 5.41) is 29.7. The van der Waals surface area contributed by atoms with Gasteiger partial charge in [0.25, 0.3) is 0 Å². The fraction of sp³-hybridized carbons (Fsp3) is 0.917. The first-order valence-corrected chi connectivity index (χ1v) is 11.7. The van der Waals surface area contributed by atoms with E-state index in [0.29, 0.717) is 54.6 Å². The lowest BCUT2D eigenvalue weighted by atomic mass is 9.44. The Labute approximate surface area is 174 Å². The SMILES string of the molecule is C[C@H](CCC(=O)O)[C@H]1CC[C@H]2[C@@H]3CC(=O)[C@H]4CC(O)[C@@H](O)C[C@]4(C)[C@H]3CC[C@]12C. The van der Waals surface area contributed by atoms with Crippen LogP contribution in [0, 0.1) is 46.3 Å². The normalized spacial score (nSPS) is 50.4. The average molecular weight is 407 g/mol. The second-order valence-corrected chi connectivity index (χ2v) is 11.3. The zero-order chi connectivity index (χ0) is 21.1. The van der Waals surface area contributed by atoms with E-state index in [1.807, 2.05) is 0 Å². The van der Waals surface area contributed by atoms with Crippen molar-refractivity contribution in [2.45, 2.75) is 90.8 Å². The standard InChI is InChI=1S/C24H38O5/c1-13(4-7-22(28)29)15-5-6-16-14-10-19(25)18-11-20(26)21(27)12-24(18,3)17(14)8-9-23(15,16)2/h13-18,20-21,26-27H,4-12H2,1-3H3,(H,28,29)/t13-,14+,15-,16+,17+,18-,20?,21+,23-,24-/m1/s1. The molecule has 0 aromatic heterocycles. The molecule has 0 aliphatic heterocycles. The van der Waals surface area contributed by atoms with Crippen molar-refractivity contribution in [3.8, 4) is 0 Å². The monoisotopic (exact) mass is 406 g/mol. The van der Waals surface area contributed by atoms with Crippen molar-refractivity contribution in [2.24, 2.45) is 46.3 Å². The summed E-state index contributed by atoms with van der Waals surface area (Å²) in [5.74, 6) is 1.74. The van der Waals surface area contributed by atoms with Crippen LogP contribution in [0.25, 0.3) is 0 Å². The molecule has 3 N–H and O–H groups in total. The smallest absolute Gasteiger partial charge is 0.303 e. The lowest BCUT2D eigenvalue weighted by molar-refractivity contribution is -0.173. The highest BCUT2D eigenvalue weighted by Gasteiger charge is 2.63. The van der Waals surface area contributed by atoms with Crippen LogP contribution in [-0.4, -0.2) is 39.3 Å². The minimum absolute atomic E-state index is 0.113. The maximum atomic E-state index is 13.2. The van der Waals surface area contributed by atoms with Crippen molar-refractivity contribution >= 4 is 11.8 Å². The first-order valence-electron chi connectivity index (χ1n) is 11.7. The molecule has 0 saturated heterocycles. The molecule has 4 aliphatic carbocycles. The number of aliphatic hydroxyl groups is 2. The van der Waals surface area contributed by atoms with Crippen molar-refractivity contribution in [1.82, 2.24) is 0 Å². The third-order valence-corrected chi connectivity index (χ3v) is 10.0. The number of ketones is 1. The summed E-state index contributed by atoms with van der Waals surface area (Å²) in [6, 6.07) is 0. The second-order valence-electron chi connectivity index (χ2n) is 11.3. The molecular weight excluding hydrogens is 368 g/mol. The number of carboxylic acid groups (broad SMARTS) is 1. The molecule has 5 nitrogen and oxygen atoms in total. The lowest BCUT2D eigenvalue weighted by Crippen LogP contribution is -2.59. The molecule has 0 spiro atoms. The molecule has 0 amide bonds. The topological polar surface area (TPSA) is 94.8 Å². The number of carboxylic acids is 1. The van der Waals surface area contributed by atoms with Crippen molar-refractivity contribution in [3.05, 3.63) is 0 Å². The fourth-order valence-corrected chi connectivity index (χ4v) is 8.60. The molecule has 4 fully saturated rings. The van der Waals surface area contributed by atoms with Gasteiger partial charge in [-0.1, -0.05) is 20.8 Å². The average Bonchev–Trinajstić information content (AvgIpc) is 2.99. The lowest BCUT2D eigenvalue weighted by Gasteiger charge is -2.61. The summed E-state index contributed by atoms with van der Waals surface area (Å²) in [4.78, 5) is 24.2. The zero-order valence-corrected chi connectivity index (χ0v) is 18.1. The van der Waals surface area contributed by atoms with E-state index in [4.69, 9.17) is 5.11 Å². The van der Waals surface area contributed by atoms with Gasteiger partial charge in [0.05, 0.1) is 12.2 Å². The van der Waals surface area contributed by atoms with Crippen LogP contribution in [0.5, 0.6) is 0 Å². The number of carbonyl (C=O) groups is 2. The number of hydrogen-bond donors (Lipinski definition) is 3. The molecule has 1 unspecified atom stereocenters. The highest BCUT2D eigenvalue weighted by molar-refractivity contribution is 5.83. The molecule has 0 radical (unpaired) electrons. The van der Waals surface area contributed by atoms with Crippen molar-refractivity contribution in [2.75, 3.05) is 0 Å². The Morgan fingerprint density at radius 1 is 1.10 bits per heavy atom. The number of rotatable bonds is 4. The van der Waals surface area contributed by atoms with E-state index in [1.165, 1.54) is 0 Å². The Morgan fingerprint density at radius 3 is 2.48 bits per heavy atom. The highest BCUT2D eigenvalue weighted by Crippen LogP contribution is 2.67. The molecule has 4 saturated carbocycles. The molecule has 0 bridgehead atoms. The maximum absolute atomic E-state index is 13.2. The molecule has 10 atom stereocenters. The molecule has 29 heavy (non-hydrogen) atoms. The van der Waals surface area contributed by atoms with E-state index in [-0.39, 0.29) is 23.2 Å². The molecule has 0 aromatic carbocycles. The summed E-state index contributed by atoms with van der Waals surface area (Å²) < 4.78 is 0. The molecule has 4 rings (SSSR count). The van der Waals surface area contributed by atoms with Gasteiger partial charge in [-0.15, -0.1) is 0 Å². The van der Waals surface area contributed by atoms with E-state index in [2.05, 4.69) is 20.8 Å². The molecule has 0 aromatic rings. The van der Waals surface area contributed by atoms with Crippen molar-refractivity contribution < 1.29 is 24.9 Å². The predicted molar refractivity (Wildman–Crippen MR) is 109 cm³/mol. The van der Waals surface area contributed by atoms with Crippen LogP contribution in [0.1, 0.15) is 78.6 Å². The van der Waals surface area contributed by atoms with Gasteiger partial charge in [-0.25, -0.2) is 0 Å². The van der Waals surface area contributed by atoms with Gasteiger partial charge in [0.2, 0.25) is 0 Å². The van der Waals surface area contributed by atoms with Gasteiger partial charge in [0, 0.05) is 18.8 Å². The third kappa shape index (κ3) is 3.27. The Bertz CT molecular complexity index is 676. The summed E-state index contributed by atoms with van der Waals surface area (Å²) >= 11 is 0. The van der Waals surface area contributed by atoms with Gasteiger partial charge in [0.1, 0.15) is 5.78 Å². The van der Waals surface area contributed by atoms with E-state index in [1.54, 1.807) is 0 Å². The second kappa shape index (κ2) is 7.33. The molecular formula is C24H38O5. The number of Topliss-reactive ketones (excluding diaryl/α,β-unsaturated/α-hetero) is 1. The molecule has 4 aliphatic rings. The van der Waals surface area contributed by atoms with Crippen molar-refractivity contribution in [1.29, 1.82) is 0 Å². The Kier molecular flexibility index (Phi) is 5.39. The minimum atomic E-state index is -0.770. The van der Waals surface area contributed by atoms with Crippen LogP contribution in [0.2, 0.25) is 0 Å². The Hall–Kier alpha value is -0.940. The van der Waals surface area contributed by atoms with Crippen LogP contribution < -0.4 is 0 Å². The third-order valence-electron chi connectivity index (χ3n) is 10.0. The van der Waals surface area contributed by atoms with Gasteiger partial charge in [-0.05, 0) is 85.4 Å². The van der Waals surface area contributed by atoms with Crippen LogP contribution in [0.15, 0.2) is 0 Å². The number of carbonyl (C=O) groups excluding carboxylic acids is 1. The Morgan fingerprint density at radius 2 is 1.79 bits per heavy atom. The molecule has 0 heterocycles. The van der Waals surface area contributed by atoms with Gasteiger partial charge in [0.15, 0.2) is 0 Å². The number of aliphatic carboxylic acids is 1. The number of fused-ring (bicyclic) bond motifs is 5. The minimum Gasteiger partial charge on any atom is -0.481 e. The highest BCUT2D eigenvalue weighted by atomic mass is 16.4. The maximum Gasteiger partial charge on any atom is 0.303 e. The first kappa shape index (κ1) is 21.3. The fourth-order valence-electron chi connectivity index (χ4n) is 8.60. The molecule has 5 heteroatoms. The van der Waals surface area contributed by atoms with Gasteiger partial charge in [-0.2, -0.15) is 0 Å². The summed E-state index contributed by atoms with van der Waals surface area (Å²) in [6.07, 6.45) is 5.56. The quantitative estimate of drug-likeness (QED) is 0.662. The van der Waals surface area contributed by atoms with E-state index in [9.17, 15) is 19.8 Å². The summed E-state index contributed by atoms with van der Waals surface area (Å²) in [6.45, 7) is 6.82. The van der Waals surface area contributed by atoms with Gasteiger partial charge < -0.3 is 15.3 Å². The van der Waals surface area contributed by atoms with E-state index < -0.39 is 18.2 Å². The number of aliphatic hydroxyl groups excluding tert-OH is 2. The Balaban J connectivity index is 1.57. The van der Waals surface area contributed by atoms with Crippen LogP contribution in [0.3, 0.4) is 0 Å². The van der Waals surface area contributed by atoms with Crippen LogP contribution in [-0.2, 0) is 9.59 Å². The van der Waals surface area contributed by atoms with Crippen LogP contribution >= 0.6 is 0 Å². The first-order chi connectivity index (χ1) is 13.6. The van der Waals surface area contributed by atoms with Crippen LogP contribution in [0.4, 0.5) is 0 Å². The van der Waals surface area contributed by atoms with E-state index in [0.717, 1.165) is 32.1 Å². The zero-order valence-electron chi connectivity index (χ0n) is 18.1. The molecule has 164 valence electrons. The predicted octanol–water partition coefficient (Wildman–Crippen LogP) is 3.66. The summed E-state index contributed by atoms with van der Waals surface area (Å²) in [7, 11) is 0. The number of hydrogen-bond acceptors (Lipinski definition) is 4. The largest absolute Gasteiger partial charge is 0.481 e. The van der Waals surface area contributed by atoms with Crippen molar-refractivity contribution in [3.63, 3.8) is 0 Å². The summed E-state index contributed by atoms with van der Waals surface area (Å²) in [5.41, 5.74) is -0.0116. The van der Waals surface area contributed by atoms with Gasteiger partial charge >= 0.3 is 5.97 Å².